The Morgan fingerprint density at radius 2 is 2.26 bits per heavy atom. The van der Waals surface area contributed by atoms with Crippen LogP contribution in [0.15, 0.2) is 42.7 Å². The van der Waals surface area contributed by atoms with Crippen LogP contribution in [0.1, 0.15) is 52.2 Å². The lowest BCUT2D eigenvalue weighted by molar-refractivity contribution is 0.0695. The summed E-state index contributed by atoms with van der Waals surface area (Å²) in [7, 11) is 0. The number of rotatable bonds is 5. The zero-order valence-corrected chi connectivity index (χ0v) is 15.3. The Morgan fingerprint density at radius 3 is 3.07 bits per heavy atom. The molecule has 1 aromatic carbocycles. The normalized spacial score (nSPS) is 19.0. The standard InChI is InChI=1S/C22H24N2O3/c25-22(26)20-7-11-24-14-18(20)2-1-16-8-12-27-21-13-17(3-4-19(16)21)15-5-9-23-10-6-15/h3-5,7,11,13-14,16,23H,1-2,6,8-10,12H2,(H,25,26)/t16-/m0/s1. The van der Waals surface area contributed by atoms with E-state index in [4.69, 9.17) is 4.74 Å². The van der Waals surface area contributed by atoms with E-state index in [1.165, 1.54) is 22.9 Å². The van der Waals surface area contributed by atoms with E-state index >= 15 is 0 Å². The number of hydrogen-bond acceptors (Lipinski definition) is 4. The molecule has 2 aliphatic rings. The van der Waals surface area contributed by atoms with E-state index in [0.29, 0.717) is 24.5 Å². The number of carboxylic acids is 1. The smallest absolute Gasteiger partial charge is 0.336 e. The lowest BCUT2D eigenvalue weighted by Gasteiger charge is -2.27. The maximum Gasteiger partial charge on any atom is 0.336 e. The van der Waals surface area contributed by atoms with Crippen molar-refractivity contribution in [3.05, 3.63) is 65.0 Å². The molecule has 2 aromatic rings. The average Bonchev–Trinajstić information content (AvgIpc) is 2.72. The molecule has 27 heavy (non-hydrogen) atoms. The van der Waals surface area contributed by atoms with Crippen LogP contribution in [0.3, 0.4) is 0 Å². The van der Waals surface area contributed by atoms with Crippen molar-refractivity contribution in [1.82, 2.24) is 10.3 Å². The number of carboxylic acid groups (broad SMARTS) is 1. The Kier molecular flexibility index (Phi) is 5.21. The summed E-state index contributed by atoms with van der Waals surface area (Å²) in [5, 5.41) is 12.7. The number of fused-ring (bicyclic) bond motifs is 1. The van der Waals surface area contributed by atoms with Gasteiger partial charge in [0.05, 0.1) is 12.2 Å². The highest BCUT2D eigenvalue weighted by Crippen LogP contribution is 2.38. The number of benzene rings is 1. The maximum atomic E-state index is 11.4. The number of pyridine rings is 1. The summed E-state index contributed by atoms with van der Waals surface area (Å²) in [6.45, 7) is 2.65. The average molecular weight is 364 g/mol. The summed E-state index contributed by atoms with van der Waals surface area (Å²) < 4.78 is 5.95. The summed E-state index contributed by atoms with van der Waals surface area (Å²) in [5.41, 5.74) is 5.01. The number of ether oxygens (including phenoxy) is 1. The topological polar surface area (TPSA) is 71.5 Å². The van der Waals surface area contributed by atoms with Gasteiger partial charge in [0.1, 0.15) is 5.75 Å². The van der Waals surface area contributed by atoms with E-state index in [1.54, 1.807) is 12.3 Å². The van der Waals surface area contributed by atoms with Crippen molar-refractivity contribution < 1.29 is 14.6 Å². The minimum absolute atomic E-state index is 0.352. The summed E-state index contributed by atoms with van der Waals surface area (Å²) in [4.78, 5) is 15.5. The maximum absolute atomic E-state index is 11.4. The minimum Gasteiger partial charge on any atom is -0.493 e. The first-order valence-electron chi connectivity index (χ1n) is 9.55. The first-order valence-corrected chi connectivity index (χ1v) is 9.55. The quantitative estimate of drug-likeness (QED) is 0.847. The van der Waals surface area contributed by atoms with Gasteiger partial charge >= 0.3 is 5.97 Å². The lowest BCUT2D eigenvalue weighted by Crippen LogP contribution is -2.20. The summed E-state index contributed by atoms with van der Waals surface area (Å²) in [5.74, 6) is 0.471. The number of nitrogens with zero attached hydrogens (tertiary/aromatic N) is 1. The number of aromatic nitrogens is 1. The van der Waals surface area contributed by atoms with Crippen molar-refractivity contribution in [2.75, 3.05) is 19.7 Å². The van der Waals surface area contributed by atoms with E-state index in [9.17, 15) is 9.90 Å². The first-order chi connectivity index (χ1) is 13.2. The van der Waals surface area contributed by atoms with Gasteiger partial charge in [-0.3, -0.25) is 4.98 Å². The minimum atomic E-state index is -0.889. The third-order valence-corrected chi connectivity index (χ3v) is 5.51. The number of aryl methyl sites for hydroxylation is 1. The van der Waals surface area contributed by atoms with E-state index in [2.05, 4.69) is 34.6 Å². The van der Waals surface area contributed by atoms with Crippen molar-refractivity contribution in [2.24, 2.45) is 0 Å². The van der Waals surface area contributed by atoms with Crippen LogP contribution in [0.4, 0.5) is 0 Å². The molecule has 5 nitrogen and oxygen atoms in total. The Balaban J connectivity index is 1.52. The Bertz CT molecular complexity index is 876. The zero-order valence-electron chi connectivity index (χ0n) is 15.3. The Labute approximate surface area is 159 Å². The molecule has 0 radical (unpaired) electrons. The fourth-order valence-corrected chi connectivity index (χ4v) is 4.01. The first kappa shape index (κ1) is 17.7. The van der Waals surface area contributed by atoms with Gasteiger partial charge < -0.3 is 15.2 Å². The third-order valence-electron chi connectivity index (χ3n) is 5.51. The van der Waals surface area contributed by atoms with Crippen molar-refractivity contribution in [2.45, 2.75) is 31.6 Å². The second-order valence-corrected chi connectivity index (χ2v) is 7.15. The van der Waals surface area contributed by atoms with Crippen molar-refractivity contribution >= 4 is 11.5 Å². The molecule has 4 rings (SSSR count). The van der Waals surface area contributed by atoms with E-state index in [1.807, 2.05) is 0 Å². The van der Waals surface area contributed by atoms with Crippen LogP contribution in [-0.2, 0) is 6.42 Å². The molecule has 2 aliphatic heterocycles. The van der Waals surface area contributed by atoms with Crippen molar-refractivity contribution in [1.29, 1.82) is 0 Å². The number of hydrogen-bond donors (Lipinski definition) is 2. The van der Waals surface area contributed by atoms with Gasteiger partial charge in [-0.25, -0.2) is 4.79 Å². The van der Waals surface area contributed by atoms with Gasteiger partial charge in [0, 0.05) is 18.9 Å². The fourth-order valence-electron chi connectivity index (χ4n) is 4.01. The van der Waals surface area contributed by atoms with Gasteiger partial charge in [-0.15, -0.1) is 0 Å². The molecule has 0 bridgehead atoms. The monoisotopic (exact) mass is 364 g/mol. The molecular weight excluding hydrogens is 340 g/mol. The lowest BCUT2D eigenvalue weighted by atomic mass is 9.86. The molecule has 5 heteroatoms. The van der Waals surface area contributed by atoms with Crippen molar-refractivity contribution in [3.8, 4) is 5.75 Å². The third kappa shape index (κ3) is 3.88. The summed E-state index contributed by atoms with van der Waals surface area (Å²) >= 11 is 0. The van der Waals surface area contributed by atoms with Crippen LogP contribution in [0.2, 0.25) is 0 Å². The number of carbonyl (C=O) groups is 1. The molecule has 0 saturated carbocycles. The molecule has 1 aromatic heterocycles. The summed E-state index contributed by atoms with van der Waals surface area (Å²) in [6.07, 6.45) is 9.07. The van der Waals surface area contributed by atoms with Crippen LogP contribution < -0.4 is 10.1 Å². The van der Waals surface area contributed by atoms with Gasteiger partial charge in [0.25, 0.3) is 0 Å². The highest BCUT2D eigenvalue weighted by Gasteiger charge is 2.23. The molecular formula is C22H24N2O3. The predicted molar refractivity (Wildman–Crippen MR) is 104 cm³/mol. The Morgan fingerprint density at radius 1 is 1.33 bits per heavy atom. The number of nitrogens with one attached hydrogen (secondary N) is 1. The van der Waals surface area contributed by atoms with E-state index in [0.717, 1.165) is 43.7 Å². The van der Waals surface area contributed by atoms with Crippen LogP contribution in [-0.4, -0.2) is 35.8 Å². The van der Waals surface area contributed by atoms with E-state index < -0.39 is 5.97 Å². The highest BCUT2D eigenvalue weighted by molar-refractivity contribution is 5.89. The highest BCUT2D eigenvalue weighted by atomic mass is 16.5. The Hall–Kier alpha value is -2.66. The molecule has 0 amide bonds. The zero-order chi connectivity index (χ0) is 18.6. The largest absolute Gasteiger partial charge is 0.493 e. The van der Waals surface area contributed by atoms with Crippen LogP contribution in [0, 0.1) is 0 Å². The van der Waals surface area contributed by atoms with Gasteiger partial charge in [-0.2, -0.15) is 0 Å². The SMILES string of the molecule is O=C(O)c1ccncc1CC[C@H]1CCOc2cc(C3=CCNCC3)ccc21. The fraction of sp³-hybridized carbons (Fsp3) is 0.364. The van der Waals surface area contributed by atoms with Gasteiger partial charge in [-0.1, -0.05) is 18.2 Å². The predicted octanol–water partition coefficient (Wildman–Crippen LogP) is 3.66. The van der Waals surface area contributed by atoms with Gasteiger partial charge in [0.2, 0.25) is 0 Å². The summed E-state index contributed by atoms with van der Waals surface area (Å²) in [6, 6.07) is 8.14. The van der Waals surface area contributed by atoms with Crippen molar-refractivity contribution in [3.63, 3.8) is 0 Å². The van der Waals surface area contributed by atoms with Gasteiger partial charge in [0.15, 0.2) is 0 Å². The molecule has 0 unspecified atom stereocenters. The van der Waals surface area contributed by atoms with Gasteiger partial charge in [-0.05, 0) is 72.5 Å². The van der Waals surface area contributed by atoms with Crippen LogP contribution in [0.5, 0.6) is 5.75 Å². The second-order valence-electron chi connectivity index (χ2n) is 7.15. The molecule has 0 saturated heterocycles. The molecule has 1 atom stereocenters. The molecule has 0 fully saturated rings. The molecule has 0 aliphatic carbocycles. The number of aromatic carboxylic acids is 1. The second kappa shape index (κ2) is 7.92. The van der Waals surface area contributed by atoms with Crippen LogP contribution in [0.25, 0.3) is 5.57 Å². The molecule has 0 spiro atoms. The molecule has 2 N–H and O–H groups in total. The van der Waals surface area contributed by atoms with E-state index in [-0.39, 0.29) is 0 Å². The van der Waals surface area contributed by atoms with Crippen LogP contribution >= 0.6 is 0 Å². The molecule has 140 valence electrons. The molecule has 3 heterocycles.